The molecule has 0 amide bonds. The van der Waals surface area contributed by atoms with Crippen LogP contribution in [0.3, 0.4) is 0 Å². The molecule has 5 rings (SSSR count). The van der Waals surface area contributed by atoms with E-state index in [0.29, 0.717) is 42.7 Å². The maximum Gasteiger partial charge on any atom is 0.416 e. The smallest absolute Gasteiger partial charge is 0.416 e. The minimum Gasteiger partial charge on any atom is -0.493 e. The number of benzene rings is 2. The lowest BCUT2D eigenvalue weighted by atomic mass is 10.1. The van der Waals surface area contributed by atoms with Gasteiger partial charge in [0.05, 0.1) is 30.0 Å². The summed E-state index contributed by atoms with van der Waals surface area (Å²) in [6.45, 7) is 2.66. The Morgan fingerprint density at radius 3 is 2.59 bits per heavy atom. The van der Waals surface area contributed by atoms with Crippen LogP contribution in [0.2, 0.25) is 0 Å². The average molecular weight is 510 g/mol. The number of ether oxygens (including phenoxy) is 2. The zero-order valence-corrected chi connectivity index (χ0v) is 20.3. The van der Waals surface area contributed by atoms with Gasteiger partial charge in [-0.25, -0.2) is 9.97 Å². The van der Waals surface area contributed by atoms with Gasteiger partial charge in [-0.15, -0.1) is 0 Å². The largest absolute Gasteiger partial charge is 0.493 e. The number of fused-ring (bicyclic) bond motifs is 1. The van der Waals surface area contributed by atoms with Crippen LogP contribution >= 0.6 is 0 Å². The van der Waals surface area contributed by atoms with Crippen LogP contribution in [0.4, 0.5) is 13.2 Å². The molecule has 0 saturated heterocycles. The highest BCUT2D eigenvalue weighted by Crippen LogP contribution is 2.41. The van der Waals surface area contributed by atoms with Crippen LogP contribution in [0.15, 0.2) is 60.9 Å². The lowest BCUT2D eigenvalue weighted by Crippen LogP contribution is -2.12. The maximum absolute atomic E-state index is 12.9. The molecule has 192 valence electrons. The molecule has 1 saturated carbocycles. The van der Waals surface area contributed by atoms with Gasteiger partial charge in [0.1, 0.15) is 12.3 Å². The van der Waals surface area contributed by atoms with Crippen molar-refractivity contribution in [3.63, 3.8) is 0 Å². The SMILES string of the molecule is CCOC(=O)Cn1ccc2ccc(OCCc3cnc(-c4ccc(C(F)(F)F)cc4)nc3C3CC3)cc21. The van der Waals surface area contributed by atoms with Crippen LogP contribution in [0.25, 0.3) is 22.3 Å². The number of nitrogens with zero attached hydrogens (tertiary/aromatic N) is 3. The first-order chi connectivity index (χ1) is 17.8. The van der Waals surface area contributed by atoms with Crippen molar-refractivity contribution in [2.24, 2.45) is 0 Å². The maximum atomic E-state index is 12.9. The van der Waals surface area contributed by atoms with Crippen LogP contribution in [-0.2, 0) is 28.7 Å². The summed E-state index contributed by atoms with van der Waals surface area (Å²) in [6.07, 6.45) is 1.89. The number of esters is 1. The van der Waals surface area contributed by atoms with E-state index in [4.69, 9.17) is 14.5 Å². The summed E-state index contributed by atoms with van der Waals surface area (Å²) in [5, 5.41) is 1.000. The first kappa shape index (κ1) is 24.8. The Kier molecular flexibility index (Phi) is 6.86. The fraction of sp³-hybridized carbons (Fsp3) is 0.321. The summed E-state index contributed by atoms with van der Waals surface area (Å²) < 4.78 is 51.6. The first-order valence-corrected chi connectivity index (χ1v) is 12.2. The second-order valence-electron chi connectivity index (χ2n) is 9.02. The van der Waals surface area contributed by atoms with Crippen LogP contribution < -0.4 is 4.74 Å². The molecule has 37 heavy (non-hydrogen) atoms. The molecule has 0 spiro atoms. The second-order valence-corrected chi connectivity index (χ2v) is 9.02. The van der Waals surface area contributed by atoms with Gasteiger partial charge in [0.15, 0.2) is 5.82 Å². The Balaban J connectivity index is 1.27. The molecule has 4 aromatic rings. The predicted octanol–water partition coefficient (Wildman–Crippen LogP) is 6.18. The third kappa shape index (κ3) is 5.76. The molecule has 2 aromatic heterocycles. The molecule has 2 aromatic carbocycles. The summed E-state index contributed by atoms with van der Waals surface area (Å²) >= 11 is 0. The summed E-state index contributed by atoms with van der Waals surface area (Å²) in [5.74, 6) is 1.16. The van der Waals surface area contributed by atoms with Gasteiger partial charge in [-0.3, -0.25) is 4.79 Å². The van der Waals surface area contributed by atoms with E-state index in [1.165, 1.54) is 12.1 Å². The summed E-state index contributed by atoms with van der Waals surface area (Å²) in [6, 6.07) is 12.6. The van der Waals surface area contributed by atoms with Crippen molar-refractivity contribution in [3.05, 3.63) is 77.7 Å². The van der Waals surface area contributed by atoms with Crippen molar-refractivity contribution < 1.29 is 27.4 Å². The van der Waals surface area contributed by atoms with E-state index >= 15 is 0 Å². The minimum absolute atomic E-state index is 0.133. The lowest BCUT2D eigenvalue weighted by molar-refractivity contribution is -0.143. The number of aromatic nitrogens is 3. The summed E-state index contributed by atoms with van der Waals surface area (Å²) in [7, 11) is 0. The third-order valence-electron chi connectivity index (χ3n) is 6.32. The van der Waals surface area contributed by atoms with E-state index in [1.54, 1.807) is 13.1 Å². The van der Waals surface area contributed by atoms with Crippen molar-refractivity contribution in [1.82, 2.24) is 14.5 Å². The van der Waals surface area contributed by atoms with Gasteiger partial charge in [0, 0.05) is 36.4 Å². The van der Waals surface area contributed by atoms with Gasteiger partial charge in [-0.2, -0.15) is 13.2 Å². The molecule has 0 atom stereocenters. The number of hydrogen-bond donors (Lipinski definition) is 0. The lowest BCUT2D eigenvalue weighted by Gasteiger charge is -2.12. The number of halogens is 3. The van der Waals surface area contributed by atoms with Gasteiger partial charge in [-0.1, -0.05) is 12.1 Å². The van der Waals surface area contributed by atoms with Gasteiger partial charge >= 0.3 is 12.1 Å². The van der Waals surface area contributed by atoms with Crippen LogP contribution in [0.1, 0.15) is 42.5 Å². The highest BCUT2D eigenvalue weighted by molar-refractivity contribution is 5.83. The van der Waals surface area contributed by atoms with E-state index in [0.717, 1.165) is 47.1 Å². The Labute approximate surface area is 212 Å². The standard InChI is InChI=1S/C28H26F3N3O3/c1-2-36-25(35)17-34-13-11-18-7-10-23(15-24(18)34)37-14-12-21-16-32-27(33-26(21)19-3-4-19)20-5-8-22(9-6-20)28(29,30)31/h5-11,13,15-16,19H,2-4,12,14,17H2,1H3. The van der Waals surface area contributed by atoms with Gasteiger partial charge in [0.2, 0.25) is 0 Å². The number of carbonyl (C=O) groups is 1. The molecule has 9 heteroatoms. The molecule has 1 fully saturated rings. The highest BCUT2D eigenvalue weighted by Gasteiger charge is 2.31. The second kappa shape index (κ2) is 10.2. The number of carbonyl (C=O) groups excluding carboxylic acids is 1. The van der Waals surface area contributed by atoms with Crippen molar-refractivity contribution in [2.45, 2.75) is 44.8 Å². The summed E-state index contributed by atoms with van der Waals surface area (Å²) in [4.78, 5) is 21.0. The highest BCUT2D eigenvalue weighted by atomic mass is 19.4. The Morgan fingerprint density at radius 2 is 1.89 bits per heavy atom. The van der Waals surface area contributed by atoms with Gasteiger partial charge < -0.3 is 14.0 Å². The number of rotatable bonds is 9. The first-order valence-electron chi connectivity index (χ1n) is 12.2. The molecular weight excluding hydrogens is 483 g/mol. The molecule has 0 bridgehead atoms. The third-order valence-corrected chi connectivity index (χ3v) is 6.32. The van der Waals surface area contributed by atoms with Crippen molar-refractivity contribution >= 4 is 16.9 Å². The number of hydrogen-bond acceptors (Lipinski definition) is 5. The zero-order chi connectivity index (χ0) is 26.0. The molecule has 0 radical (unpaired) electrons. The summed E-state index contributed by atoms with van der Waals surface area (Å²) in [5.41, 5.74) is 2.65. The average Bonchev–Trinajstić information content (AvgIpc) is 3.66. The predicted molar refractivity (Wildman–Crippen MR) is 132 cm³/mol. The van der Waals surface area contributed by atoms with Crippen LogP contribution in [-0.4, -0.2) is 33.7 Å². The van der Waals surface area contributed by atoms with E-state index < -0.39 is 11.7 Å². The molecule has 2 heterocycles. The van der Waals surface area contributed by atoms with Crippen molar-refractivity contribution in [2.75, 3.05) is 13.2 Å². The molecule has 1 aliphatic rings. The minimum atomic E-state index is -4.38. The van der Waals surface area contributed by atoms with Gasteiger partial charge in [-0.05, 0) is 61.0 Å². The molecule has 0 unspecified atom stereocenters. The molecule has 1 aliphatic carbocycles. The normalized spacial score (nSPS) is 13.6. The fourth-order valence-corrected chi connectivity index (χ4v) is 4.29. The monoisotopic (exact) mass is 509 g/mol. The molecule has 6 nitrogen and oxygen atoms in total. The van der Waals surface area contributed by atoms with Crippen LogP contribution in [0, 0.1) is 0 Å². The van der Waals surface area contributed by atoms with Crippen molar-refractivity contribution in [3.8, 4) is 17.1 Å². The Bertz CT molecular complexity index is 1410. The molecular formula is C28H26F3N3O3. The Hall–Kier alpha value is -3.88. The van der Waals surface area contributed by atoms with E-state index in [-0.39, 0.29) is 12.5 Å². The molecule has 0 aliphatic heterocycles. The van der Waals surface area contributed by atoms with E-state index in [1.807, 2.05) is 35.0 Å². The zero-order valence-electron chi connectivity index (χ0n) is 20.3. The van der Waals surface area contributed by atoms with E-state index in [2.05, 4.69) is 4.98 Å². The topological polar surface area (TPSA) is 66.2 Å². The quantitative estimate of drug-likeness (QED) is 0.252. The number of alkyl halides is 3. The van der Waals surface area contributed by atoms with Crippen molar-refractivity contribution in [1.29, 1.82) is 0 Å². The molecule has 0 N–H and O–H groups in total. The van der Waals surface area contributed by atoms with E-state index in [9.17, 15) is 18.0 Å². The van der Waals surface area contributed by atoms with Crippen LogP contribution in [0.5, 0.6) is 5.75 Å². The Morgan fingerprint density at radius 1 is 1.11 bits per heavy atom. The van der Waals surface area contributed by atoms with Gasteiger partial charge in [0.25, 0.3) is 0 Å². The fourth-order valence-electron chi connectivity index (χ4n) is 4.29.